The largest absolute Gasteiger partial charge is 0.490 e. The maximum atomic E-state index is 13.4. The standard InChI is InChI=1S/C27H30FN3O6/c1-30-22-8-7-20(15-25(32)31-10-12-35-13-11-31)37-24(22)16-36-23-9-6-19(14-21(23)27(30)34)29-26(33)17-2-4-18(28)5-3-17/h2-6,9,14,20,22,24H,7-8,10-13,15-16H2,1H3,(H,29,33)/t20-,22-,24+/m0/s1. The Balaban J connectivity index is 1.26. The summed E-state index contributed by atoms with van der Waals surface area (Å²) in [5.41, 5.74) is 1.07. The summed E-state index contributed by atoms with van der Waals surface area (Å²) in [5.74, 6) is -0.628. The number of morpholine rings is 1. The predicted molar refractivity (Wildman–Crippen MR) is 132 cm³/mol. The van der Waals surface area contributed by atoms with Gasteiger partial charge in [0.15, 0.2) is 0 Å². The van der Waals surface area contributed by atoms with Gasteiger partial charge in [0.1, 0.15) is 24.3 Å². The molecule has 0 bridgehead atoms. The van der Waals surface area contributed by atoms with Gasteiger partial charge in [-0.1, -0.05) is 0 Å². The normalized spacial score (nSPS) is 23.7. The van der Waals surface area contributed by atoms with Gasteiger partial charge in [-0.3, -0.25) is 14.4 Å². The van der Waals surface area contributed by atoms with Crippen LogP contribution < -0.4 is 10.1 Å². The van der Waals surface area contributed by atoms with E-state index in [2.05, 4.69) is 5.32 Å². The Bertz CT molecular complexity index is 1170. The molecule has 0 aromatic heterocycles. The van der Waals surface area contributed by atoms with Crippen molar-refractivity contribution >= 4 is 23.4 Å². The third-order valence-corrected chi connectivity index (χ3v) is 7.14. The number of benzene rings is 2. The van der Waals surface area contributed by atoms with Gasteiger partial charge >= 0.3 is 0 Å². The molecule has 5 rings (SSSR count). The van der Waals surface area contributed by atoms with Crippen LogP contribution in [-0.4, -0.2) is 85.7 Å². The highest BCUT2D eigenvalue weighted by Crippen LogP contribution is 2.33. The number of likely N-dealkylation sites (N-methyl/N-ethyl adjacent to an activating group) is 1. The molecule has 2 fully saturated rings. The minimum Gasteiger partial charge on any atom is -0.490 e. The Morgan fingerprint density at radius 1 is 1.08 bits per heavy atom. The van der Waals surface area contributed by atoms with Crippen LogP contribution in [0, 0.1) is 5.82 Å². The number of hydrogen-bond acceptors (Lipinski definition) is 6. The molecule has 0 spiro atoms. The summed E-state index contributed by atoms with van der Waals surface area (Å²) < 4.78 is 30.8. The van der Waals surface area contributed by atoms with Gasteiger partial charge in [0, 0.05) is 31.4 Å². The third-order valence-electron chi connectivity index (χ3n) is 7.14. The van der Waals surface area contributed by atoms with Gasteiger partial charge in [-0.25, -0.2) is 4.39 Å². The van der Waals surface area contributed by atoms with Crippen LogP contribution in [-0.2, 0) is 14.3 Å². The van der Waals surface area contributed by atoms with Gasteiger partial charge in [-0.2, -0.15) is 0 Å². The zero-order valence-electron chi connectivity index (χ0n) is 20.7. The fourth-order valence-electron chi connectivity index (χ4n) is 5.05. The van der Waals surface area contributed by atoms with Gasteiger partial charge in [0.05, 0.1) is 37.3 Å². The molecule has 1 N–H and O–H groups in total. The second kappa shape index (κ2) is 10.9. The number of amides is 3. The molecule has 9 nitrogen and oxygen atoms in total. The van der Waals surface area contributed by atoms with Crippen molar-refractivity contribution in [2.24, 2.45) is 0 Å². The lowest BCUT2D eigenvalue weighted by molar-refractivity contribution is -0.146. The average Bonchev–Trinajstić information content (AvgIpc) is 2.92. The lowest BCUT2D eigenvalue weighted by Crippen LogP contribution is -2.54. The van der Waals surface area contributed by atoms with Crippen LogP contribution in [0.1, 0.15) is 40.0 Å². The first-order valence-corrected chi connectivity index (χ1v) is 12.5. The van der Waals surface area contributed by atoms with Crippen molar-refractivity contribution in [3.05, 3.63) is 59.4 Å². The molecule has 2 aromatic rings. The van der Waals surface area contributed by atoms with Crippen molar-refractivity contribution in [3.8, 4) is 5.75 Å². The van der Waals surface area contributed by atoms with Gasteiger partial charge in [-0.05, 0) is 55.3 Å². The maximum Gasteiger partial charge on any atom is 0.257 e. The van der Waals surface area contributed by atoms with Crippen LogP contribution in [0.4, 0.5) is 10.1 Å². The fraction of sp³-hybridized carbons (Fsp3) is 0.444. The molecule has 0 aliphatic carbocycles. The summed E-state index contributed by atoms with van der Waals surface area (Å²) in [6.07, 6.45) is 1.06. The van der Waals surface area contributed by atoms with Crippen LogP contribution in [0.25, 0.3) is 0 Å². The van der Waals surface area contributed by atoms with Gasteiger partial charge in [0.25, 0.3) is 11.8 Å². The molecule has 3 atom stereocenters. The average molecular weight is 512 g/mol. The van der Waals surface area contributed by atoms with Crippen molar-refractivity contribution in [1.29, 1.82) is 0 Å². The lowest BCUT2D eigenvalue weighted by Gasteiger charge is -2.42. The Labute approximate surface area is 214 Å². The molecule has 0 saturated carbocycles. The Morgan fingerprint density at radius 2 is 1.84 bits per heavy atom. The molecule has 3 aliphatic heterocycles. The molecular formula is C27H30FN3O6. The fourth-order valence-corrected chi connectivity index (χ4v) is 5.05. The van der Waals surface area contributed by atoms with Crippen molar-refractivity contribution in [2.45, 2.75) is 37.5 Å². The van der Waals surface area contributed by atoms with Crippen LogP contribution in [0.2, 0.25) is 0 Å². The summed E-state index contributed by atoms with van der Waals surface area (Å²) in [5, 5.41) is 2.75. The molecule has 2 saturated heterocycles. The van der Waals surface area contributed by atoms with E-state index in [1.54, 1.807) is 30.1 Å². The van der Waals surface area contributed by atoms with Crippen molar-refractivity contribution in [3.63, 3.8) is 0 Å². The number of halogens is 1. The molecule has 0 unspecified atom stereocenters. The number of carbonyl (C=O) groups excluding carboxylic acids is 3. The molecule has 3 amide bonds. The topological polar surface area (TPSA) is 97.4 Å². The molecule has 3 aliphatic rings. The third kappa shape index (κ3) is 5.60. The zero-order valence-corrected chi connectivity index (χ0v) is 20.7. The highest BCUT2D eigenvalue weighted by Gasteiger charge is 2.39. The summed E-state index contributed by atoms with van der Waals surface area (Å²) in [6.45, 7) is 2.54. The van der Waals surface area contributed by atoms with Gasteiger partial charge in [0.2, 0.25) is 5.91 Å². The summed E-state index contributed by atoms with van der Waals surface area (Å²) in [7, 11) is 1.74. The van der Waals surface area contributed by atoms with E-state index in [9.17, 15) is 18.8 Å². The van der Waals surface area contributed by atoms with Crippen molar-refractivity contribution in [1.82, 2.24) is 9.80 Å². The summed E-state index contributed by atoms with van der Waals surface area (Å²) in [6, 6.07) is 9.90. The van der Waals surface area contributed by atoms with E-state index >= 15 is 0 Å². The monoisotopic (exact) mass is 511 g/mol. The first-order valence-electron chi connectivity index (χ1n) is 12.5. The number of rotatable bonds is 4. The predicted octanol–water partition coefficient (Wildman–Crippen LogP) is 2.71. The molecule has 37 heavy (non-hydrogen) atoms. The van der Waals surface area contributed by atoms with Crippen LogP contribution in [0.3, 0.4) is 0 Å². The highest BCUT2D eigenvalue weighted by atomic mass is 19.1. The lowest BCUT2D eigenvalue weighted by atomic mass is 9.94. The van der Waals surface area contributed by atoms with Crippen molar-refractivity contribution in [2.75, 3.05) is 45.3 Å². The first kappa shape index (κ1) is 25.2. The number of anilines is 1. The van der Waals surface area contributed by atoms with Crippen LogP contribution in [0.5, 0.6) is 5.75 Å². The number of fused-ring (bicyclic) bond motifs is 2. The Kier molecular flexibility index (Phi) is 7.38. The zero-order chi connectivity index (χ0) is 25.9. The Morgan fingerprint density at radius 3 is 2.59 bits per heavy atom. The van der Waals surface area contributed by atoms with Gasteiger partial charge < -0.3 is 29.3 Å². The molecule has 2 aromatic carbocycles. The maximum absolute atomic E-state index is 13.4. The van der Waals surface area contributed by atoms with Crippen molar-refractivity contribution < 1.29 is 33.0 Å². The molecular weight excluding hydrogens is 481 g/mol. The van der Waals surface area contributed by atoms with E-state index in [0.717, 1.165) is 0 Å². The second-order valence-corrected chi connectivity index (χ2v) is 9.54. The minimum absolute atomic E-state index is 0.0588. The highest BCUT2D eigenvalue weighted by molar-refractivity contribution is 6.05. The smallest absolute Gasteiger partial charge is 0.257 e. The Hall–Kier alpha value is -3.50. The number of carbonyl (C=O) groups is 3. The molecule has 10 heteroatoms. The van der Waals surface area contributed by atoms with E-state index in [-0.39, 0.29) is 36.7 Å². The SMILES string of the molecule is CN1C(=O)c2cc(NC(=O)c3ccc(F)cc3)ccc2OC[C@H]2O[C@H](CC(=O)N3CCOCC3)CC[C@@H]21. The minimum atomic E-state index is -0.427. The number of nitrogens with one attached hydrogen (secondary N) is 1. The summed E-state index contributed by atoms with van der Waals surface area (Å²) >= 11 is 0. The van der Waals surface area contributed by atoms with Gasteiger partial charge in [-0.15, -0.1) is 0 Å². The number of nitrogens with zero attached hydrogens (tertiary/aromatic N) is 2. The van der Waals surface area contributed by atoms with E-state index < -0.39 is 11.7 Å². The quantitative estimate of drug-likeness (QED) is 0.678. The number of ether oxygens (including phenoxy) is 3. The van der Waals surface area contributed by atoms with E-state index in [1.165, 1.54) is 24.3 Å². The van der Waals surface area contributed by atoms with Crippen LogP contribution in [0.15, 0.2) is 42.5 Å². The van der Waals surface area contributed by atoms with E-state index in [4.69, 9.17) is 14.2 Å². The molecule has 196 valence electrons. The molecule has 0 radical (unpaired) electrons. The first-order chi connectivity index (χ1) is 17.9. The number of hydrogen-bond donors (Lipinski definition) is 1. The molecule has 3 heterocycles. The van der Waals surface area contributed by atoms with E-state index in [0.29, 0.717) is 68.1 Å². The van der Waals surface area contributed by atoms with Crippen LogP contribution >= 0.6 is 0 Å². The second-order valence-electron chi connectivity index (χ2n) is 9.54. The summed E-state index contributed by atoms with van der Waals surface area (Å²) in [4.78, 5) is 42.1. The van der Waals surface area contributed by atoms with E-state index in [1.807, 2.05) is 4.90 Å².